The van der Waals surface area contributed by atoms with Gasteiger partial charge < -0.3 is 10.1 Å². The number of para-hydroxylation sites is 1. The summed E-state index contributed by atoms with van der Waals surface area (Å²) in [5, 5.41) is 2.77. The second-order valence-electron chi connectivity index (χ2n) is 6.62. The summed E-state index contributed by atoms with van der Waals surface area (Å²) in [4.78, 5) is 24.2. The van der Waals surface area contributed by atoms with Gasteiger partial charge in [0.2, 0.25) is 0 Å². The van der Waals surface area contributed by atoms with Crippen molar-refractivity contribution in [2.45, 2.75) is 25.7 Å². The number of ether oxygens (including phenoxy) is 1. The fraction of sp³-hybridized carbons (Fsp3) is 0.300. The molecular formula is C20H23BrN2O5S. The van der Waals surface area contributed by atoms with Crippen LogP contribution in [0.25, 0.3) is 0 Å². The molecule has 0 radical (unpaired) electrons. The van der Waals surface area contributed by atoms with Crippen LogP contribution in [0.3, 0.4) is 0 Å². The van der Waals surface area contributed by atoms with Crippen LogP contribution in [0.1, 0.15) is 41.5 Å². The van der Waals surface area contributed by atoms with Gasteiger partial charge in [0.05, 0.1) is 23.4 Å². The van der Waals surface area contributed by atoms with Gasteiger partial charge in [-0.3, -0.25) is 9.52 Å². The Kier molecular flexibility index (Phi) is 7.80. The van der Waals surface area contributed by atoms with Crippen molar-refractivity contribution in [1.29, 1.82) is 0 Å². The number of sulfonamides is 1. The fourth-order valence-corrected chi connectivity index (χ4v) is 4.58. The zero-order valence-electron chi connectivity index (χ0n) is 16.4. The molecule has 0 bridgehead atoms. The molecule has 0 aliphatic heterocycles. The van der Waals surface area contributed by atoms with Crippen LogP contribution in [-0.4, -0.2) is 33.4 Å². The first kappa shape index (κ1) is 22.9. The van der Waals surface area contributed by atoms with E-state index in [2.05, 4.69) is 26.0 Å². The van der Waals surface area contributed by atoms with E-state index in [0.29, 0.717) is 6.54 Å². The van der Waals surface area contributed by atoms with Gasteiger partial charge in [0.1, 0.15) is 4.90 Å². The van der Waals surface area contributed by atoms with E-state index in [9.17, 15) is 18.0 Å². The molecule has 2 rings (SSSR count). The number of esters is 1. The van der Waals surface area contributed by atoms with E-state index in [1.54, 1.807) is 25.1 Å². The third-order valence-electron chi connectivity index (χ3n) is 3.82. The number of carbonyl (C=O) groups is 2. The van der Waals surface area contributed by atoms with E-state index in [-0.39, 0.29) is 44.6 Å². The Morgan fingerprint density at radius 1 is 1.14 bits per heavy atom. The van der Waals surface area contributed by atoms with Crippen molar-refractivity contribution >= 4 is 43.5 Å². The van der Waals surface area contributed by atoms with Crippen molar-refractivity contribution < 1.29 is 22.7 Å². The van der Waals surface area contributed by atoms with Crippen molar-refractivity contribution in [3.8, 4) is 0 Å². The third kappa shape index (κ3) is 6.04. The third-order valence-corrected chi connectivity index (χ3v) is 6.16. The van der Waals surface area contributed by atoms with Crippen LogP contribution in [0, 0.1) is 5.92 Å². The maximum Gasteiger partial charge on any atom is 0.338 e. The van der Waals surface area contributed by atoms with Gasteiger partial charge in [-0.25, -0.2) is 13.2 Å². The van der Waals surface area contributed by atoms with E-state index in [1.807, 2.05) is 13.8 Å². The second kappa shape index (κ2) is 9.89. The first-order chi connectivity index (χ1) is 13.7. The highest BCUT2D eigenvalue weighted by atomic mass is 79.9. The van der Waals surface area contributed by atoms with Crippen molar-refractivity contribution in [1.82, 2.24) is 5.32 Å². The van der Waals surface area contributed by atoms with Gasteiger partial charge in [0, 0.05) is 11.0 Å². The highest BCUT2D eigenvalue weighted by Gasteiger charge is 2.22. The van der Waals surface area contributed by atoms with Gasteiger partial charge in [-0.15, -0.1) is 0 Å². The lowest BCUT2D eigenvalue weighted by molar-refractivity contribution is 0.0526. The maximum absolute atomic E-state index is 12.9. The van der Waals surface area contributed by atoms with Crippen molar-refractivity contribution in [3.05, 3.63) is 58.1 Å². The molecule has 0 unspecified atom stereocenters. The molecule has 1 amide bonds. The van der Waals surface area contributed by atoms with Crippen LogP contribution in [-0.2, 0) is 14.8 Å². The SMILES string of the molecule is CCOC(=O)c1ccc(S(=O)(=O)Nc2ccccc2C(=O)NCC(C)C)c(Br)c1. The molecule has 0 atom stereocenters. The number of anilines is 1. The van der Waals surface area contributed by atoms with E-state index in [1.165, 1.54) is 24.3 Å². The number of amides is 1. The lowest BCUT2D eigenvalue weighted by atomic mass is 10.1. The summed E-state index contributed by atoms with van der Waals surface area (Å²) in [6, 6.07) is 10.4. The van der Waals surface area contributed by atoms with Gasteiger partial charge in [0.15, 0.2) is 0 Å². The number of nitrogens with one attached hydrogen (secondary N) is 2. The van der Waals surface area contributed by atoms with E-state index in [0.717, 1.165) is 0 Å². The minimum absolute atomic E-state index is 0.0667. The predicted molar refractivity (Wildman–Crippen MR) is 115 cm³/mol. The molecule has 2 aromatic carbocycles. The Bertz CT molecular complexity index is 1010. The molecule has 9 heteroatoms. The Labute approximate surface area is 179 Å². The number of carbonyl (C=O) groups excluding carboxylic acids is 2. The van der Waals surface area contributed by atoms with Gasteiger partial charge in [0.25, 0.3) is 15.9 Å². The molecule has 156 valence electrons. The molecule has 2 aromatic rings. The first-order valence-electron chi connectivity index (χ1n) is 9.02. The summed E-state index contributed by atoms with van der Waals surface area (Å²) in [6.45, 7) is 6.30. The smallest absolute Gasteiger partial charge is 0.338 e. The first-order valence-corrected chi connectivity index (χ1v) is 11.3. The largest absolute Gasteiger partial charge is 0.462 e. The number of hydrogen-bond donors (Lipinski definition) is 2. The van der Waals surface area contributed by atoms with Crippen LogP contribution < -0.4 is 10.0 Å². The summed E-state index contributed by atoms with van der Waals surface area (Å²) in [5.74, 6) is -0.650. The Morgan fingerprint density at radius 2 is 1.83 bits per heavy atom. The minimum atomic E-state index is -4.02. The molecule has 29 heavy (non-hydrogen) atoms. The highest BCUT2D eigenvalue weighted by Crippen LogP contribution is 2.27. The Morgan fingerprint density at radius 3 is 2.45 bits per heavy atom. The highest BCUT2D eigenvalue weighted by molar-refractivity contribution is 9.10. The number of hydrogen-bond acceptors (Lipinski definition) is 5. The van der Waals surface area contributed by atoms with Crippen LogP contribution in [0.2, 0.25) is 0 Å². The molecule has 0 aliphatic rings. The van der Waals surface area contributed by atoms with Crippen molar-refractivity contribution in [2.75, 3.05) is 17.9 Å². The van der Waals surface area contributed by atoms with E-state index >= 15 is 0 Å². The Hall–Kier alpha value is -2.39. The number of benzene rings is 2. The summed E-state index contributed by atoms with van der Waals surface area (Å²) in [5.41, 5.74) is 0.609. The molecule has 2 N–H and O–H groups in total. The molecule has 0 spiro atoms. The lowest BCUT2D eigenvalue weighted by Gasteiger charge is -2.14. The molecule has 0 aliphatic carbocycles. The van der Waals surface area contributed by atoms with Gasteiger partial charge in [-0.1, -0.05) is 26.0 Å². The second-order valence-corrected chi connectivity index (χ2v) is 9.13. The van der Waals surface area contributed by atoms with Crippen LogP contribution in [0.15, 0.2) is 51.8 Å². The van der Waals surface area contributed by atoms with Crippen LogP contribution in [0.4, 0.5) is 5.69 Å². The number of rotatable bonds is 8. The zero-order valence-corrected chi connectivity index (χ0v) is 18.8. The molecule has 0 heterocycles. The van der Waals surface area contributed by atoms with Crippen LogP contribution in [0.5, 0.6) is 0 Å². The molecule has 0 fully saturated rings. The zero-order chi connectivity index (χ0) is 21.6. The summed E-state index contributed by atoms with van der Waals surface area (Å²) >= 11 is 3.20. The van der Waals surface area contributed by atoms with E-state index < -0.39 is 16.0 Å². The molecular weight excluding hydrogens is 460 g/mol. The average molecular weight is 483 g/mol. The van der Waals surface area contributed by atoms with Gasteiger partial charge in [-0.05, 0) is 59.1 Å². The van der Waals surface area contributed by atoms with Crippen molar-refractivity contribution in [3.63, 3.8) is 0 Å². The van der Waals surface area contributed by atoms with E-state index in [4.69, 9.17) is 4.74 Å². The lowest BCUT2D eigenvalue weighted by Crippen LogP contribution is -2.28. The standard InChI is InChI=1S/C20H23BrN2O5S/c1-4-28-20(25)14-9-10-18(16(21)11-14)29(26,27)23-17-8-6-5-7-15(17)19(24)22-12-13(2)3/h5-11,13,23H,4,12H2,1-3H3,(H,22,24). The average Bonchev–Trinajstić information content (AvgIpc) is 2.66. The maximum atomic E-state index is 12.9. The van der Waals surface area contributed by atoms with Gasteiger partial charge in [-0.2, -0.15) is 0 Å². The Balaban J connectivity index is 2.30. The summed E-state index contributed by atoms with van der Waals surface area (Å²) in [6.07, 6.45) is 0. The predicted octanol–water partition coefficient (Wildman–Crippen LogP) is 3.81. The molecule has 0 saturated carbocycles. The molecule has 0 aromatic heterocycles. The molecule has 7 nitrogen and oxygen atoms in total. The fourth-order valence-electron chi connectivity index (χ4n) is 2.42. The number of halogens is 1. The summed E-state index contributed by atoms with van der Waals surface area (Å²) in [7, 11) is -4.02. The molecule has 0 saturated heterocycles. The van der Waals surface area contributed by atoms with Crippen LogP contribution >= 0.6 is 15.9 Å². The normalized spacial score (nSPS) is 11.2. The topological polar surface area (TPSA) is 102 Å². The monoisotopic (exact) mass is 482 g/mol. The minimum Gasteiger partial charge on any atom is -0.462 e. The van der Waals surface area contributed by atoms with Crippen molar-refractivity contribution in [2.24, 2.45) is 5.92 Å². The quantitative estimate of drug-likeness (QED) is 0.556. The van der Waals surface area contributed by atoms with Gasteiger partial charge >= 0.3 is 5.97 Å². The summed E-state index contributed by atoms with van der Waals surface area (Å²) < 4.78 is 33.3.